The molecule has 80 valence electrons. The Hall–Kier alpha value is -0.950. The Kier molecular flexibility index (Phi) is 4.70. The van der Waals surface area contributed by atoms with Crippen LogP contribution in [0.4, 0.5) is 0 Å². The molecule has 0 aliphatic heterocycles. The van der Waals surface area contributed by atoms with Crippen molar-refractivity contribution in [3.05, 3.63) is 47.5 Å². The summed E-state index contributed by atoms with van der Waals surface area (Å²) >= 11 is 4.23. The van der Waals surface area contributed by atoms with Crippen molar-refractivity contribution in [2.75, 3.05) is 5.75 Å². The first kappa shape index (κ1) is 12.1. The molecule has 0 aliphatic rings. The van der Waals surface area contributed by atoms with Gasteiger partial charge in [-0.2, -0.15) is 12.6 Å². The van der Waals surface area contributed by atoms with Crippen LogP contribution in [0.1, 0.15) is 31.9 Å². The molecule has 0 bridgehead atoms. The maximum absolute atomic E-state index is 4.23. The second kappa shape index (κ2) is 5.82. The Balaban J connectivity index is 3.24. The zero-order valence-electron chi connectivity index (χ0n) is 9.62. The van der Waals surface area contributed by atoms with Crippen molar-refractivity contribution in [3.8, 4) is 0 Å². The fraction of sp³-hybridized carbons (Fsp3) is 0.286. The lowest BCUT2D eigenvalue weighted by atomic mass is 9.96. The standard InChI is InChI=1S/C14H18S/c1-4-11(2)13-7-5-6-8-14(13)12(3)9-10-15/h4-9,15H,10H2,1-3H3/b11-4-,12-9+. The first-order valence-corrected chi connectivity index (χ1v) is 5.84. The third-order valence-corrected chi connectivity index (χ3v) is 2.79. The van der Waals surface area contributed by atoms with E-state index in [9.17, 15) is 0 Å². The summed E-state index contributed by atoms with van der Waals surface area (Å²) in [6, 6.07) is 8.50. The fourth-order valence-corrected chi connectivity index (χ4v) is 1.85. The average molecular weight is 218 g/mol. The molecule has 0 radical (unpaired) electrons. The molecule has 0 nitrogen and oxygen atoms in total. The first-order valence-electron chi connectivity index (χ1n) is 5.21. The van der Waals surface area contributed by atoms with E-state index in [0.717, 1.165) is 5.75 Å². The van der Waals surface area contributed by atoms with Crippen LogP contribution in [0.2, 0.25) is 0 Å². The molecule has 0 unspecified atom stereocenters. The molecule has 15 heavy (non-hydrogen) atoms. The largest absolute Gasteiger partial charge is 0.175 e. The smallest absolute Gasteiger partial charge is 0.00884 e. The van der Waals surface area contributed by atoms with Crippen molar-refractivity contribution in [1.82, 2.24) is 0 Å². The summed E-state index contributed by atoms with van der Waals surface area (Å²) in [7, 11) is 0. The van der Waals surface area contributed by atoms with Crippen LogP contribution in [-0.4, -0.2) is 5.75 Å². The number of thiol groups is 1. The molecule has 1 aromatic carbocycles. The molecule has 0 atom stereocenters. The average Bonchev–Trinajstić information content (AvgIpc) is 2.28. The minimum absolute atomic E-state index is 0.787. The van der Waals surface area contributed by atoms with Crippen LogP contribution in [0.5, 0.6) is 0 Å². The quantitative estimate of drug-likeness (QED) is 0.712. The summed E-state index contributed by atoms with van der Waals surface area (Å²) < 4.78 is 0. The van der Waals surface area contributed by atoms with E-state index in [2.05, 4.69) is 69.8 Å². The third-order valence-electron chi connectivity index (χ3n) is 2.61. The highest BCUT2D eigenvalue weighted by Crippen LogP contribution is 2.24. The summed E-state index contributed by atoms with van der Waals surface area (Å²) in [6.45, 7) is 6.36. The van der Waals surface area contributed by atoms with E-state index >= 15 is 0 Å². The second-order valence-corrected chi connectivity index (χ2v) is 3.95. The first-order chi connectivity index (χ1) is 7.20. The lowest BCUT2D eigenvalue weighted by Gasteiger charge is -2.10. The van der Waals surface area contributed by atoms with Gasteiger partial charge in [-0.3, -0.25) is 0 Å². The number of hydrogen-bond donors (Lipinski definition) is 1. The summed E-state index contributed by atoms with van der Waals surface area (Å²) in [4.78, 5) is 0. The minimum atomic E-state index is 0.787. The fourth-order valence-electron chi connectivity index (χ4n) is 1.57. The lowest BCUT2D eigenvalue weighted by Crippen LogP contribution is -1.89. The number of rotatable bonds is 3. The normalized spacial score (nSPS) is 13.1. The topological polar surface area (TPSA) is 0 Å². The highest BCUT2D eigenvalue weighted by atomic mass is 32.1. The van der Waals surface area contributed by atoms with E-state index in [1.54, 1.807) is 0 Å². The van der Waals surface area contributed by atoms with Crippen LogP contribution < -0.4 is 0 Å². The maximum Gasteiger partial charge on any atom is 0.00884 e. The summed E-state index contributed by atoms with van der Waals surface area (Å²) in [5.74, 6) is 0.787. The summed E-state index contributed by atoms with van der Waals surface area (Å²) in [5.41, 5.74) is 5.23. The van der Waals surface area contributed by atoms with E-state index < -0.39 is 0 Å². The van der Waals surface area contributed by atoms with Gasteiger partial charge in [0.1, 0.15) is 0 Å². The zero-order chi connectivity index (χ0) is 11.3. The van der Waals surface area contributed by atoms with Crippen LogP contribution >= 0.6 is 12.6 Å². The molecule has 1 heteroatoms. The van der Waals surface area contributed by atoms with Gasteiger partial charge >= 0.3 is 0 Å². The van der Waals surface area contributed by atoms with Crippen molar-refractivity contribution in [2.24, 2.45) is 0 Å². The van der Waals surface area contributed by atoms with Crippen molar-refractivity contribution in [1.29, 1.82) is 0 Å². The lowest BCUT2D eigenvalue weighted by molar-refractivity contribution is 1.47. The molecule has 0 heterocycles. The Bertz CT molecular complexity index is 386. The molecular formula is C14H18S. The predicted octanol–water partition coefficient (Wildman–Crippen LogP) is 4.44. The molecule has 0 aromatic heterocycles. The van der Waals surface area contributed by atoms with Crippen LogP contribution in [0.15, 0.2) is 36.4 Å². The van der Waals surface area contributed by atoms with Gasteiger partial charge < -0.3 is 0 Å². The molecule has 0 N–H and O–H groups in total. The molecule has 0 saturated heterocycles. The Labute approximate surface area is 98.1 Å². The summed E-state index contributed by atoms with van der Waals surface area (Å²) in [5, 5.41) is 0. The highest BCUT2D eigenvalue weighted by Gasteiger charge is 2.03. The molecule has 1 rings (SSSR count). The van der Waals surface area contributed by atoms with E-state index in [0.29, 0.717) is 0 Å². The van der Waals surface area contributed by atoms with Crippen molar-refractivity contribution < 1.29 is 0 Å². The van der Waals surface area contributed by atoms with Gasteiger partial charge in [-0.25, -0.2) is 0 Å². The van der Waals surface area contributed by atoms with Crippen LogP contribution in [0, 0.1) is 0 Å². The van der Waals surface area contributed by atoms with E-state index in [4.69, 9.17) is 0 Å². The molecule has 0 spiro atoms. The Morgan fingerprint density at radius 2 is 1.67 bits per heavy atom. The number of benzene rings is 1. The van der Waals surface area contributed by atoms with Crippen molar-refractivity contribution in [3.63, 3.8) is 0 Å². The predicted molar refractivity (Wildman–Crippen MR) is 73.3 cm³/mol. The van der Waals surface area contributed by atoms with Crippen LogP contribution in [-0.2, 0) is 0 Å². The van der Waals surface area contributed by atoms with Gasteiger partial charge in [0.15, 0.2) is 0 Å². The Morgan fingerprint density at radius 3 is 2.13 bits per heavy atom. The van der Waals surface area contributed by atoms with E-state index in [1.165, 1.54) is 22.3 Å². The SMILES string of the molecule is C/C=C(/C)c1ccccc1/C(C)=C/CS. The van der Waals surface area contributed by atoms with Gasteiger partial charge in [-0.1, -0.05) is 36.4 Å². The van der Waals surface area contributed by atoms with E-state index in [-0.39, 0.29) is 0 Å². The van der Waals surface area contributed by atoms with Crippen molar-refractivity contribution >= 4 is 23.8 Å². The number of allylic oxidation sites excluding steroid dienone is 3. The molecule has 0 saturated carbocycles. The van der Waals surface area contributed by atoms with Gasteiger partial charge in [0, 0.05) is 5.75 Å². The molecule has 0 fully saturated rings. The van der Waals surface area contributed by atoms with Gasteiger partial charge in [0.05, 0.1) is 0 Å². The second-order valence-electron chi connectivity index (χ2n) is 3.59. The molecule has 0 amide bonds. The highest BCUT2D eigenvalue weighted by molar-refractivity contribution is 7.80. The Morgan fingerprint density at radius 1 is 1.13 bits per heavy atom. The van der Waals surface area contributed by atoms with Gasteiger partial charge in [-0.15, -0.1) is 0 Å². The third kappa shape index (κ3) is 3.00. The number of hydrogen-bond acceptors (Lipinski definition) is 1. The zero-order valence-corrected chi connectivity index (χ0v) is 10.5. The molecular weight excluding hydrogens is 200 g/mol. The van der Waals surface area contributed by atoms with Gasteiger partial charge in [-0.05, 0) is 43.0 Å². The summed E-state index contributed by atoms with van der Waals surface area (Å²) in [6.07, 6.45) is 4.29. The molecule has 1 aromatic rings. The maximum atomic E-state index is 4.23. The minimum Gasteiger partial charge on any atom is -0.175 e. The van der Waals surface area contributed by atoms with Crippen LogP contribution in [0.25, 0.3) is 11.1 Å². The van der Waals surface area contributed by atoms with Gasteiger partial charge in [0.25, 0.3) is 0 Å². The van der Waals surface area contributed by atoms with Gasteiger partial charge in [0.2, 0.25) is 0 Å². The molecule has 0 aliphatic carbocycles. The van der Waals surface area contributed by atoms with Crippen LogP contribution in [0.3, 0.4) is 0 Å². The monoisotopic (exact) mass is 218 g/mol. The van der Waals surface area contributed by atoms with E-state index in [1.807, 2.05) is 0 Å². The van der Waals surface area contributed by atoms with Crippen molar-refractivity contribution in [2.45, 2.75) is 20.8 Å².